The van der Waals surface area contributed by atoms with Crippen LogP contribution in [0.1, 0.15) is 36.8 Å². The van der Waals surface area contributed by atoms with Crippen molar-refractivity contribution < 1.29 is 0 Å². The van der Waals surface area contributed by atoms with E-state index in [0.717, 1.165) is 17.6 Å². The van der Waals surface area contributed by atoms with Gasteiger partial charge in [-0.15, -0.1) is 11.3 Å². The third-order valence-electron chi connectivity index (χ3n) is 5.03. The lowest BCUT2D eigenvalue weighted by Gasteiger charge is -2.13. The Labute approximate surface area is 150 Å². The number of imidazole rings is 1. The van der Waals surface area contributed by atoms with Crippen LogP contribution in [0.4, 0.5) is 0 Å². The fraction of sp³-hybridized carbons (Fsp3) is 0.238. The first-order valence-electron chi connectivity index (χ1n) is 8.83. The molecule has 5 rings (SSSR count). The second-order valence-electron chi connectivity index (χ2n) is 6.71. The molecular formula is C21H19N3S. The van der Waals surface area contributed by atoms with Gasteiger partial charge < -0.3 is 4.57 Å². The smallest absolute Gasteiger partial charge is 0.0961 e. The van der Waals surface area contributed by atoms with Gasteiger partial charge in [0, 0.05) is 6.54 Å². The minimum atomic E-state index is 0.840. The number of benzene rings is 2. The average Bonchev–Trinajstić information content (AvgIpc) is 3.29. The number of hydrogen-bond donors (Lipinski definition) is 0. The van der Waals surface area contributed by atoms with Gasteiger partial charge in [0.25, 0.3) is 0 Å². The normalized spacial score (nSPS) is 15.0. The molecule has 0 saturated heterocycles. The SMILES string of the molecule is C1=C(c2ccc3c(c2)ncn3Cc2ccc3ncsc3c2)CCCC1. The van der Waals surface area contributed by atoms with Crippen molar-refractivity contribution in [2.45, 2.75) is 32.2 Å². The summed E-state index contributed by atoms with van der Waals surface area (Å²) in [7, 11) is 0. The first kappa shape index (κ1) is 14.8. The minimum Gasteiger partial charge on any atom is -0.326 e. The molecule has 1 aliphatic rings. The van der Waals surface area contributed by atoms with Gasteiger partial charge in [-0.1, -0.05) is 18.2 Å². The molecule has 0 fully saturated rings. The molecule has 0 saturated carbocycles. The summed E-state index contributed by atoms with van der Waals surface area (Å²) < 4.78 is 3.48. The van der Waals surface area contributed by atoms with Crippen molar-refractivity contribution in [1.82, 2.24) is 14.5 Å². The first-order valence-corrected chi connectivity index (χ1v) is 9.71. The van der Waals surface area contributed by atoms with Crippen LogP contribution in [0.2, 0.25) is 0 Å². The summed E-state index contributed by atoms with van der Waals surface area (Å²) in [6, 6.07) is 13.2. The highest BCUT2D eigenvalue weighted by atomic mass is 32.1. The zero-order valence-corrected chi connectivity index (χ0v) is 14.8. The lowest BCUT2D eigenvalue weighted by molar-refractivity contribution is 0.742. The molecule has 25 heavy (non-hydrogen) atoms. The molecule has 1 aliphatic carbocycles. The molecule has 0 atom stereocenters. The van der Waals surface area contributed by atoms with Crippen LogP contribution in [0.25, 0.3) is 26.8 Å². The number of allylic oxidation sites excluding steroid dienone is 2. The van der Waals surface area contributed by atoms with E-state index in [1.54, 1.807) is 11.3 Å². The Morgan fingerprint density at radius 1 is 1.00 bits per heavy atom. The lowest BCUT2D eigenvalue weighted by atomic mass is 9.93. The Bertz CT molecular complexity index is 1090. The molecule has 0 spiro atoms. The van der Waals surface area contributed by atoms with Gasteiger partial charge in [-0.25, -0.2) is 9.97 Å². The van der Waals surface area contributed by atoms with E-state index in [9.17, 15) is 0 Å². The quantitative estimate of drug-likeness (QED) is 0.480. The Morgan fingerprint density at radius 2 is 2.00 bits per heavy atom. The average molecular weight is 345 g/mol. The molecule has 0 aliphatic heterocycles. The van der Waals surface area contributed by atoms with E-state index in [4.69, 9.17) is 0 Å². The molecule has 2 heterocycles. The van der Waals surface area contributed by atoms with Gasteiger partial charge in [0.2, 0.25) is 0 Å². The highest BCUT2D eigenvalue weighted by molar-refractivity contribution is 7.16. The van der Waals surface area contributed by atoms with Crippen LogP contribution in [0.5, 0.6) is 0 Å². The minimum absolute atomic E-state index is 0.840. The second-order valence-corrected chi connectivity index (χ2v) is 7.59. The predicted molar refractivity (Wildman–Crippen MR) is 105 cm³/mol. The number of hydrogen-bond acceptors (Lipinski definition) is 3. The van der Waals surface area contributed by atoms with Gasteiger partial charge in [-0.3, -0.25) is 0 Å². The van der Waals surface area contributed by atoms with E-state index in [1.165, 1.54) is 52.6 Å². The first-order chi connectivity index (χ1) is 12.4. The molecule has 0 amide bonds. The van der Waals surface area contributed by atoms with Crippen molar-refractivity contribution >= 4 is 38.2 Å². The molecule has 0 N–H and O–H groups in total. The molecule has 0 unspecified atom stereocenters. The van der Waals surface area contributed by atoms with E-state index in [0.29, 0.717) is 0 Å². The summed E-state index contributed by atoms with van der Waals surface area (Å²) >= 11 is 1.69. The second kappa shape index (κ2) is 6.12. The number of rotatable bonds is 3. The van der Waals surface area contributed by atoms with Crippen molar-refractivity contribution in [2.75, 3.05) is 0 Å². The van der Waals surface area contributed by atoms with Crippen molar-refractivity contribution in [3.05, 3.63) is 65.4 Å². The summed E-state index contributed by atoms with van der Waals surface area (Å²) in [4.78, 5) is 9.00. The van der Waals surface area contributed by atoms with Crippen LogP contribution >= 0.6 is 11.3 Å². The molecule has 124 valence electrons. The van der Waals surface area contributed by atoms with Gasteiger partial charge >= 0.3 is 0 Å². The number of fused-ring (bicyclic) bond motifs is 2. The molecule has 4 heteroatoms. The standard InChI is InChI=1S/C21H19N3S/c1-2-4-16(5-3-1)17-7-9-20-19(11-17)22-13-24(20)12-15-6-8-18-21(10-15)25-14-23-18/h4,6-11,13-14H,1-3,5,12H2. The summed E-state index contributed by atoms with van der Waals surface area (Å²) in [5.41, 5.74) is 9.38. The molecule has 4 aromatic rings. The van der Waals surface area contributed by atoms with Gasteiger partial charge in [0.15, 0.2) is 0 Å². The van der Waals surface area contributed by atoms with Gasteiger partial charge in [-0.05, 0) is 66.6 Å². The zero-order valence-electron chi connectivity index (χ0n) is 14.0. The van der Waals surface area contributed by atoms with E-state index in [2.05, 4.69) is 57.0 Å². The molecule has 3 nitrogen and oxygen atoms in total. The van der Waals surface area contributed by atoms with Gasteiger partial charge in [-0.2, -0.15) is 0 Å². The fourth-order valence-electron chi connectivity index (χ4n) is 3.68. The Hall–Kier alpha value is -2.46. The van der Waals surface area contributed by atoms with Crippen molar-refractivity contribution in [3.63, 3.8) is 0 Å². The van der Waals surface area contributed by atoms with Crippen LogP contribution in [0, 0.1) is 0 Å². The summed E-state index contributed by atoms with van der Waals surface area (Å²) in [6.45, 7) is 0.840. The van der Waals surface area contributed by atoms with E-state index >= 15 is 0 Å². The summed E-state index contributed by atoms with van der Waals surface area (Å²) in [5.74, 6) is 0. The highest BCUT2D eigenvalue weighted by Gasteiger charge is 2.10. The summed E-state index contributed by atoms with van der Waals surface area (Å²) in [5, 5.41) is 0. The zero-order chi connectivity index (χ0) is 16.6. The van der Waals surface area contributed by atoms with Crippen LogP contribution in [0.15, 0.2) is 54.3 Å². The summed E-state index contributed by atoms with van der Waals surface area (Å²) in [6.07, 6.45) is 9.39. The topological polar surface area (TPSA) is 30.7 Å². The maximum atomic E-state index is 4.65. The van der Waals surface area contributed by atoms with Crippen LogP contribution in [0.3, 0.4) is 0 Å². The molecule has 0 radical (unpaired) electrons. The monoisotopic (exact) mass is 345 g/mol. The van der Waals surface area contributed by atoms with Crippen molar-refractivity contribution in [2.24, 2.45) is 0 Å². The van der Waals surface area contributed by atoms with Crippen LogP contribution in [-0.2, 0) is 6.54 Å². The van der Waals surface area contributed by atoms with Gasteiger partial charge in [0.1, 0.15) is 0 Å². The van der Waals surface area contributed by atoms with E-state index < -0.39 is 0 Å². The number of thiazole rings is 1. The van der Waals surface area contributed by atoms with Crippen LogP contribution < -0.4 is 0 Å². The van der Waals surface area contributed by atoms with E-state index in [-0.39, 0.29) is 0 Å². The van der Waals surface area contributed by atoms with Gasteiger partial charge in [0.05, 0.1) is 33.1 Å². The van der Waals surface area contributed by atoms with Crippen LogP contribution in [-0.4, -0.2) is 14.5 Å². The molecule has 2 aromatic carbocycles. The maximum absolute atomic E-state index is 4.65. The molecule has 0 bridgehead atoms. The number of nitrogens with zero attached hydrogens (tertiary/aromatic N) is 3. The van der Waals surface area contributed by atoms with Crippen molar-refractivity contribution in [1.29, 1.82) is 0 Å². The van der Waals surface area contributed by atoms with Crippen molar-refractivity contribution in [3.8, 4) is 0 Å². The lowest BCUT2D eigenvalue weighted by Crippen LogP contribution is -1.98. The fourth-order valence-corrected chi connectivity index (χ4v) is 4.43. The Kier molecular flexibility index (Phi) is 3.63. The Morgan fingerprint density at radius 3 is 2.92 bits per heavy atom. The molecular weight excluding hydrogens is 326 g/mol. The third-order valence-corrected chi connectivity index (χ3v) is 5.82. The number of aromatic nitrogens is 3. The predicted octanol–water partition coefficient (Wildman–Crippen LogP) is 5.65. The molecule has 2 aromatic heterocycles. The maximum Gasteiger partial charge on any atom is 0.0961 e. The third kappa shape index (κ3) is 2.76. The Balaban J connectivity index is 1.48. The van der Waals surface area contributed by atoms with E-state index in [1.807, 2.05) is 11.8 Å². The largest absolute Gasteiger partial charge is 0.326 e. The highest BCUT2D eigenvalue weighted by Crippen LogP contribution is 2.29.